The van der Waals surface area contributed by atoms with Crippen LogP contribution in [-0.2, 0) is 10.4 Å². The van der Waals surface area contributed by atoms with Crippen molar-refractivity contribution in [2.75, 3.05) is 0 Å². The third-order valence-corrected chi connectivity index (χ3v) is 4.52. The Kier molecular flexibility index (Phi) is 4.83. The molecule has 0 aromatic heterocycles. The number of hydroxylamine groups is 1. The molecule has 27 heavy (non-hydrogen) atoms. The van der Waals surface area contributed by atoms with Crippen molar-refractivity contribution in [3.05, 3.63) is 79.3 Å². The fraction of sp³-hybridized carbons (Fsp3) is 0.176. The molecular weight excluding hydrogens is 408 g/mol. The zero-order valence-corrected chi connectivity index (χ0v) is 15.1. The largest absolute Gasteiger partial charge is 0.428 e. The Balaban J connectivity index is 2.12. The summed E-state index contributed by atoms with van der Waals surface area (Å²) in [6.07, 6.45) is -3.97. The van der Waals surface area contributed by atoms with Crippen LogP contribution in [0, 0.1) is 17.0 Å². The predicted octanol–water partition coefficient (Wildman–Crippen LogP) is 5.54. The molecule has 1 aliphatic heterocycles. The van der Waals surface area contributed by atoms with E-state index in [0.29, 0.717) is 11.1 Å². The summed E-state index contributed by atoms with van der Waals surface area (Å²) in [5.41, 5.74) is -0.359. The van der Waals surface area contributed by atoms with E-state index in [9.17, 15) is 23.3 Å². The summed E-state index contributed by atoms with van der Waals surface area (Å²) in [5.74, 6) is 0. The molecule has 1 N–H and O–H groups in total. The van der Waals surface area contributed by atoms with Gasteiger partial charge in [0.1, 0.15) is 0 Å². The maximum Gasteiger partial charge on any atom is 0.428 e. The summed E-state index contributed by atoms with van der Waals surface area (Å²) in [5, 5.41) is 11.0. The SMILES string of the molecule is Cc1cc(C2=CC(c3cc(Cl)cc(Cl)c3)(C(F)(F)F)ON2)ccc1[N+](=O)[O-]. The highest BCUT2D eigenvalue weighted by Gasteiger charge is 2.59. The Morgan fingerprint density at radius 3 is 2.30 bits per heavy atom. The van der Waals surface area contributed by atoms with E-state index in [1.54, 1.807) is 0 Å². The Labute approximate surface area is 161 Å². The quantitative estimate of drug-likeness (QED) is 0.524. The van der Waals surface area contributed by atoms with Gasteiger partial charge in [0, 0.05) is 32.8 Å². The highest BCUT2D eigenvalue weighted by atomic mass is 35.5. The number of nitrogens with one attached hydrogen (secondary N) is 1. The molecule has 142 valence electrons. The summed E-state index contributed by atoms with van der Waals surface area (Å²) in [7, 11) is 0. The van der Waals surface area contributed by atoms with E-state index in [0.717, 1.165) is 18.2 Å². The minimum atomic E-state index is -4.83. The van der Waals surface area contributed by atoms with Crippen LogP contribution >= 0.6 is 23.2 Å². The van der Waals surface area contributed by atoms with E-state index < -0.39 is 16.7 Å². The van der Waals surface area contributed by atoms with Crippen LogP contribution in [0.2, 0.25) is 10.0 Å². The molecule has 0 amide bonds. The Bertz CT molecular complexity index is 943. The van der Waals surface area contributed by atoms with Gasteiger partial charge in [0.05, 0.1) is 10.6 Å². The lowest BCUT2D eigenvalue weighted by Crippen LogP contribution is -2.42. The van der Waals surface area contributed by atoms with E-state index >= 15 is 0 Å². The Morgan fingerprint density at radius 2 is 1.78 bits per heavy atom. The van der Waals surface area contributed by atoms with E-state index in [4.69, 9.17) is 28.0 Å². The van der Waals surface area contributed by atoms with E-state index in [-0.39, 0.29) is 27.0 Å². The van der Waals surface area contributed by atoms with Crippen LogP contribution in [0.3, 0.4) is 0 Å². The van der Waals surface area contributed by atoms with Crippen molar-refractivity contribution in [2.45, 2.75) is 18.7 Å². The highest BCUT2D eigenvalue weighted by Crippen LogP contribution is 2.48. The Morgan fingerprint density at radius 1 is 1.15 bits per heavy atom. The van der Waals surface area contributed by atoms with Gasteiger partial charge in [-0.15, -0.1) is 0 Å². The maximum absolute atomic E-state index is 13.9. The molecule has 3 rings (SSSR count). The topological polar surface area (TPSA) is 64.4 Å². The van der Waals surface area contributed by atoms with Crippen LogP contribution in [0.1, 0.15) is 16.7 Å². The molecular formula is C17H11Cl2F3N2O3. The predicted molar refractivity (Wildman–Crippen MR) is 94.2 cm³/mol. The fourth-order valence-corrected chi connectivity index (χ4v) is 3.31. The second-order valence-corrected chi connectivity index (χ2v) is 6.78. The molecule has 1 unspecified atom stereocenters. The number of nitrogens with zero attached hydrogens (tertiary/aromatic N) is 1. The summed E-state index contributed by atoms with van der Waals surface area (Å²) < 4.78 is 41.8. The highest BCUT2D eigenvalue weighted by molar-refractivity contribution is 6.34. The van der Waals surface area contributed by atoms with Gasteiger partial charge in [-0.3, -0.25) is 20.4 Å². The molecule has 2 aromatic carbocycles. The minimum absolute atomic E-state index is 0.0152. The van der Waals surface area contributed by atoms with E-state index in [1.807, 2.05) is 0 Å². The van der Waals surface area contributed by atoms with E-state index in [2.05, 4.69) is 5.48 Å². The molecule has 1 aliphatic rings. The van der Waals surface area contributed by atoms with Crippen molar-refractivity contribution in [1.82, 2.24) is 5.48 Å². The molecule has 2 aromatic rings. The van der Waals surface area contributed by atoms with Crippen LogP contribution in [0.4, 0.5) is 18.9 Å². The number of aryl methyl sites for hydroxylation is 1. The minimum Gasteiger partial charge on any atom is -0.265 e. The lowest BCUT2D eigenvalue weighted by molar-refractivity contribution is -0.385. The van der Waals surface area contributed by atoms with Gasteiger partial charge < -0.3 is 0 Å². The molecule has 0 saturated carbocycles. The molecule has 5 nitrogen and oxygen atoms in total. The van der Waals surface area contributed by atoms with Gasteiger partial charge in [0.15, 0.2) is 0 Å². The van der Waals surface area contributed by atoms with Gasteiger partial charge in [-0.1, -0.05) is 23.2 Å². The van der Waals surface area contributed by atoms with Gasteiger partial charge in [-0.2, -0.15) is 13.2 Å². The lowest BCUT2D eigenvalue weighted by Gasteiger charge is -2.28. The molecule has 0 spiro atoms. The molecule has 10 heteroatoms. The van der Waals surface area contributed by atoms with E-state index in [1.165, 1.54) is 31.2 Å². The van der Waals surface area contributed by atoms with Crippen LogP contribution in [-0.4, -0.2) is 11.1 Å². The molecule has 0 bridgehead atoms. The fourth-order valence-electron chi connectivity index (χ4n) is 2.78. The summed E-state index contributed by atoms with van der Waals surface area (Å²) in [6, 6.07) is 7.50. The normalized spacial score (nSPS) is 19.6. The second-order valence-electron chi connectivity index (χ2n) is 5.91. The van der Waals surface area contributed by atoms with Gasteiger partial charge >= 0.3 is 6.18 Å². The van der Waals surface area contributed by atoms with Gasteiger partial charge in [0.2, 0.25) is 5.60 Å². The number of hydrogen-bond acceptors (Lipinski definition) is 4. The number of nitro groups is 1. The van der Waals surface area contributed by atoms with Crippen molar-refractivity contribution in [2.24, 2.45) is 0 Å². The van der Waals surface area contributed by atoms with Gasteiger partial charge in [-0.25, -0.2) is 0 Å². The number of nitro benzene ring substituents is 1. The molecule has 1 heterocycles. The third kappa shape index (κ3) is 3.47. The van der Waals surface area contributed by atoms with Gasteiger partial charge in [0.25, 0.3) is 5.69 Å². The molecule has 0 aliphatic carbocycles. The van der Waals surface area contributed by atoms with Gasteiger partial charge in [-0.05, 0) is 43.3 Å². The van der Waals surface area contributed by atoms with Crippen molar-refractivity contribution in [1.29, 1.82) is 0 Å². The monoisotopic (exact) mass is 418 g/mol. The maximum atomic E-state index is 13.9. The standard InChI is InChI=1S/C17H11Cl2F3N2O3/c1-9-4-10(2-3-15(9)24(25)26)14-8-16(27-23-14,17(20,21)22)11-5-12(18)7-13(19)6-11/h2-8,23H,1H3. The van der Waals surface area contributed by atoms with Crippen molar-refractivity contribution in [3.8, 4) is 0 Å². The van der Waals surface area contributed by atoms with Crippen LogP contribution in [0.15, 0.2) is 42.5 Å². The van der Waals surface area contributed by atoms with Crippen molar-refractivity contribution < 1.29 is 22.9 Å². The van der Waals surface area contributed by atoms with Crippen LogP contribution in [0.5, 0.6) is 0 Å². The first-order valence-electron chi connectivity index (χ1n) is 7.49. The molecule has 1 atom stereocenters. The summed E-state index contributed by atoms with van der Waals surface area (Å²) in [4.78, 5) is 15.3. The average Bonchev–Trinajstić information content (AvgIpc) is 3.00. The first kappa shape index (κ1) is 19.5. The third-order valence-electron chi connectivity index (χ3n) is 4.09. The number of hydrogen-bond donors (Lipinski definition) is 1. The smallest absolute Gasteiger partial charge is 0.265 e. The summed E-state index contributed by atoms with van der Waals surface area (Å²) >= 11 is 11.7. The van der Waals surface area contributed by atoms with Crippen molar-refractivity contribution in [3.63, 3.8) is 0 Å². The molecule has 0 radical (unpaired) electrons. The number of halogens is 5. The Hall–Kier alpha value is -2.29. The first-order valence-corrected chi connectivity index (χ1v) is 8.25. The molecule has 0 saturated heterocycles. The number of alkyl halides is 3. The van der Waals surface area contributed by atoms with Crippen molar-refractivity contribution >= 4 is 34.6 Å². The zero-order valence-electron chi connectivity index (χ0n) is 13.6. The summed E-state index contributed by atoms with van der Waals surface area (Å²) in [6.45, 7) is 1.49. The second kappa shape index (κ2) is 6.70. The average molecular weight is 419 g/mol. The number of rotatable bonds is 3. The zero-order chi connectivity index (χ0) is 20.0. The number of benzene rings is 2. The van der Waals surface area contributed by atoms with Crippen LogP contribution in [0.25, 0.3) is 5.70 Å². The molecule has 0 fully saturated rings. The van der Waals surface area contributed by atoms with Crippen LogP contribution < -0.4 is 5.48 Å². The first-order chi connectivity index (χ1) is 12.5. The lowest BCUT2D eigenvalue weighted by atomic mass is 9.91.